The highest BCUT2D eigenvalue weighted by Crippen LogP contribution is 2.62. The maximum absolute atomic E-state index is 12.1. The average molecular weight is 270 g/mol. The standard InChI is InChI=1S/C13H22N2O2S/c1-9(8-14)18(16,17)15-11-12(2,3)10-5-6-13(11,4)7-10/h9-11,15H,5-7H2,1-4H3. The lowest BCUT2D eigenvalue weighted by Crippen LogP contribution is -2.53. The van der Waals surface area contributed by atoms with Crippen molar-refractivity contribution in [2.75, 3.05) is 0 Å². The van der Waals surface area contributed by atoms with Crippen LogP contribution in [-0.4, -0.2) is 19.7 Å². The zero-order valence-corrected chi connectivity index (χ0v) is 12.3. The summed E-state index contributed by atoms with van der Waals surface area (Å²) in [6.07, 6.45) is 3.36. The molecule has 4 nitrogen and oxygen atoms in total. The van der Waals surface area contributed by atoms with Crippen LogP contribution in [0.15, 0.2) is 0 Å². The van der Waals surface area contributed by atoms with Gasteiger partial charge in [0.05, 0.1) is 6.07 Å². The molecule has 0 aromatic heterocycles. The number of nitriles is 1. The van der Waals surface area contributed by atoms with Gasteiger partial charge >= 0.3 is 0 Å². The number of hydrogen-bond donors (Lipinski definition) is 1. The number of sulfonamides is 1. The van der Waals surface area contributed by atoms with Crippen LogP contribution in [0.5, 0.6) is 0 Å². The summed E-state index contributed by atoms with van der Waals surface area (Å²) in [5.74, 6) is 0.590. The fourth-order valence-electron chi connectivity index (χ4n) is 3.93. The maximum atomic E-state index is 12.1. The molecule has 4 atom stereocenters. The average Bonchev–Trinajstić information content (AvgIpc) is 2.74. The smallest absolute Gasteiger partial charge is 0.211 e. The van der Waals surface area contributed by atoms with E-state index in [1.54, 1.807) is 0 Å². The van der Waals surface area contributed by atoms with Crippen LogP contribution in [0.2, 0.25) is 0 Å². The van der Waals surface area contributed by atoms with E-state index in [1.165, 1.54) is 13.3 Å². The lowest BCUT2D eigenvalue weighted by Gasteiger charge is -2.43. The van der Waals surface area contributed by atoms with Crippen molar-refractivity contribution in [2.45, 2.75) is 58.2 Å². The Bertz CT molecular complexity index is 487. The normalized spacial score (nSPS) is 39.5. The number of rotatable bonds is 3. The van der Waals surface area contributed by atoms with Crippen molar-refractivity contribution < 1.29 is 8.42 Å². The van der Waals surface area contributed by atoms with Gasteiger partial charge in [0.2, 0.25) is 10.0 Å². The summed E-state index contributed by atoms with van der Waals surface area (Å²) >= 11 is 0. The molecule has 0 aromatic rings. The minimum atomic E-state index is -3.54. The third-order valence-corrected chi connectivity index (χ3v) is 6.80. The molecule has 0 spiro atoms. The van der Waals surface area contributed by atoms with E-state index in [2.05, 4.69) is 25.5 Å². The molecule has 18 heavy (non-hydrogen) atoms. The summed E-state index contributed by atoms with van der Waals surface area (Å²) in [6, 6.07) is 1.76. The number of hydrogen-bond acceptors (Lipinski definition) is 3. The Kier molecular flexibility index (Phi) is 3.03. The van der Waals surface area contributed by atoms with Crippen molar-refractivity contribution >= 4 is 10.0 Å². The van der Waals surface area contributed by atoms with Crippen LogP contribution in [0.4, 0.5) is 0 Å². The quantitative estimate of drug-likeness (QED) is 0.853. The molecule has 2 aliphatic carbocycles. The van der Waals surface area contributed by atoms with Gasteiger partial charge in [-0.25, -0.2) is 13.1 Å². The Hall–Kier alpha value is -0.600. The third-order valence-electron chi connectivity index (χ3n) is 5.20. The van der Waals surface area contributed by atoms with Crippen LogP contribution in [-0.2, 0) is 10.0 Å². The summed E-state index contributed by atoms with van der Waals surface area (Å²) in [5.41, 5.74) is 0.0334. The molecular weight excluding hydrogens is 248 g/mol. The molecular formula is C13H22N2O2S. The van der Waals surface area contributed by atoms with Gasteiger partial charge in [-0.3, -0.25) is 0 Å². The Morgan fingerprint density at radius 3 is 2.44 bits per heavy atom. The number of fused-ring (bicyclic) bond motifs is 2. The largest absolute Gasteiger partial charge is 0.227 e. The van der Waals surface area contributed by atoms with E-state index in [0.29, 0.717) is 5.92 Å². The number of nitrogens with one attached hydrogen (secondary N) is 1. The SMILES string of the molecule is CC(C#N)S(=O)(=O)NC1C2(C)CCC(C2)C1(C)C. The van der Waals surface area contributed by atoms with Gasteiger partial charge in [0.25, 0.3) is 0 Å². The molecule has 2 aliphatic rings. The van der Waals surface area contributed by atoms with E-state index in [0.717, 1.165) is 12.8 Å². The van der Waals surface area contributed by atoms with Crippen molar-refractivity contribution in [1.82, 2.24) is 4.72 Å². The summed E-state index contributed by atoms with van der Waals surface area (Å²) in [5, 5.41) is 7.81. The first-order valence-electron chi connectivity index (χ1n) is 6.54. The van der Waals surface area contributed by atoms with Gasteiger partial charge in [-0.15, -0.1) is 0 Å². The molecule has 0 heterocycles. The molecule has 102 valence electrons. The summed E-state index contributed by atoms with van der Waals surface area (Å²) in [4.78, 5) is 0. The monoisotopic (exact) mass is 270 g/mol. The van der Waals surface area contributed by atoms with E-state index in [9.17, 15) is 8.42 Å². The fraction of sp³-hybridized carbons (Fsp3) is 0.923. The van der Waals surface area contributed by atoms with Gasteiger partial charge in [0.1, 0.15) is 0 Å². The van der Waals surface area contributed by atoms with Gasteiger partial charge in [-0.1, -0.05) is 20.8 Å². The van der Waals surface area contributed by atoms with E-state index in [1.807, 2.05) is 6.07 Å². The molecule has 5 heteroatoms. The highest BCUT2D eigenvalue weighted by molar-refractivity contribution is 7.90. The summed E-state index contributed by atoms with van der Waals surface area (Å²) in [7, 11) is -3.54. The molecule has 0 aliphatic heterocycles. The predicted octanol–water partition coefficient (Wildman–Crippen LogP) is 2.03. The van der Waals surface area contributed by atoms with Crippen molar-refractivity contribution in [2.24, 2.45) is 16.7 Å². The predicted molar refractivity (Wildman–Crippen MR) is 70.1 cm³/mol. The topological polar surface area (TPSA) is 70.0 Å². The van der Waals surface area contributed by atoms with Crippen molar-refractivity contribution in [3.8, 4) is 6.07 Å². The lowest BCUT2D eigenvalue weighted by atomic mass is 9.69. The molecule has 4 unspecified atom stereocenters. The molecule has 2 saturated carbocycles. The van der Waals surface area contributed by atoms with E-state index in [-0.39, 0.29) is 16.9 Å². The van der Waals surface area contributed by atoms with Crippen LogP contribution in [0.3, 0.4) is 0 Å². The Balaban J connectivity index is 2.28. The molecule has 0 aromatic carbocycles. The van der Waals surface area contributed by atoms with Crippen LogP contribution in [0.25, 0.3) is 0 Å². The van der Waals surface area contributed by atoms with E-state index >= 15 is 0 Å². The fourth-order valence-corrected chi connectivity index (χ4v) is 5.19. The Morgan fingerprint density at radius 2 is 2.00 bits per heavy atom. The van der Waals surface area contributed by atoms with E-state index < -0.39 is 15.3 Å². The molecule has 1 N–H and O–H groups in total. The van der Waals surface area contributed by atoms with Gasteiger partial charge < -0.3 is 0 Å². The van der Waals surface area contributed by atoms with Crippen molar-refractivity contribution in [3.05, 3.63) is 0 Å². The van der Waals surface area contributed by atoms with E-state index in [4.69, 9.17) is 5.26 Å². The highest BCUT2D eigenvalue weighted by Gasteiger charge is 2.60. The van der Waals surface area contributed by atoms with Crippen molar-refractivity contribution in [1.29, 1.82) is 5.26 Å². The van der Waals surface area contributed by atoms with Crippen LogP contribution in [0, 0.1) is 28.1 Å². The maximum Gasteiger partial charge on any atom is 0.227 e. The Morgan fingerprint density at radius 1 is 1.39 bits per heavy atom. The van der Waals surface area contributed by atoms with Crippen LogP contribution >= 0.6 is 0 Å². The van der Waals surface area contributed by atoms with Gasteiger partial charge in [0.15, 0.2) is 5.25 Å². The first-order chi connectivity index (χ1) is 8.13. The van der Waals surface area contributed by atoms with Gasteiger partial charge in [0, 0.05) is 6.04 Å². The molecule has 0 saturated heterocycles. The van der Waals surface area contributed by atoms with Crippen LogP contribution < -0.4 is 4.72 Å². The lowest BCUT2D eigenvalue weighted by molar-refractivity contribution is 0.127. The molecule has 2 bridgehead atoms. The zero-order valence-electron chi connectivity index (χ0n) is 11.5. The summed E-state index contributed by atoms with van der Waals surface area (Å²) < 4.78 is 27.0. The zero-order chi connectivity index (χ0) is 13.8. The van der Waals surface area contributed by atoms with Crippen LogP contribution in [0.1, 0.15) is 47.0 Å². The van der Waals surface area contributed by atoms with Gasteiger partial charge in [-0.2, -0.15) is 5.26 Å². The molecule has 0 amide bonds. The second-order valence-electron chi connectivity index (χ2n) is 6.78. The number of nitrogens with zero attached hydrogens (tertiary/aromatic N) is 1. The first kappa shape index (κ1) is 13.8. The first-order valence-corrected chi connectivity index (χ1v) is 8.09. The summed E-state index contributed by atoms with van der Waals surface area (Å²) in [6.45, 7) is 7.90. The minimum Gasteiger partial charge on any atom is -0.211 e. The van der Waals surface area contributed by atoms with Crippen molar-refractivity contribution in [3.63, 3.8) is 0 Å². The highest BCUT2D eigenvalue weighted by atomic mass is 32.2. The molecule has 0 radical (unpaired) electrons. The Labute approximate surface area is 110 Å². The molecule has 2 fully saturated rings. The second-order valence-corrected chi connectivity index (χ2v) is 8.82. The third kappa shape index (κ3) is 1.86. The second kappa shape index (κ2) is 3.94. The minimum absolute atomic E-state index is 0.0186. The molecule has 2 rings (SSSR count). The van der Waals surface area contributed by atoms with Gasteiger partial charge in [-0.05, 0) is 42.9 Å².